The second-order valence-electron chi connectivity index (χ2n) is 7.88. The maximum absolute atomic E-state index is 13.1. The van der Waals surface area contributed by atoms with Gasteiger partial charge in [-0.3, -0.25) is 14.5 Å². The highest BCUT2D eigenvalue weighted by molar-refractivity contribution is 5.93. The van der Waals surface area contributed by atoms with Crippen molar-refractivity contribution >= 4 is 5.91 Å². The SMILES string of the molecule is CCN(CCN1CCOCC1)C(=O)c1ccc2n(c1=O)C[C@@H]1CNC[C@H]2C1. The first-order valence-corrected chi connectivity index (χ1v) is 10.2. The van der Waals surface area contributed by atoms with Gasteiger partial charge >= 0.3 is 0 Å². The van der Waals surface area contributed by atoms with Crippen molar-refractivity contribution in [2.24, 2.45) is 5.92 Å². The number of aromatic nitrogens is 1. The molecule has 3 aliphatic heterocycles. The van der Waals surface area contributed by atoms with Crippen molar-refractivity contribution in [3.63, 3.8) is 0 Å². The normalized spacial score (nSPS) is 25.1. The first kappa shape index (κ1) is 18.7. The lowest BCUT2D eigenvalue weighted by Gasteiger charge is -2.37. The van der Waals surface area contributed by atoms with E-state index in [0.717, 1.165) is 64.6 Å². The number of carbonyl (C=O) groups excluding carboxylic acids is 1. The predicted octanol–water partition coefficient (Wildman–Crippen LogP) is 0.349. The van der Waals surface area contributed by atoms with Crippen LogP contribution in [-0.2, 0) is 11.3 Å². The Kier molecular flexibility index (Phi) is 5.61. The zero-order valence-electron chi connectivity index (χ0n) is 16.2. The maximum Gasteiger partial charge on any atom is 0.263 e. The van der Waals surface area contributed by atoms with Crippen LogP contribution in [0.15, 0.2) is 16.9 Å². The van der Waals surface area contributed by atoms with Gasteiger partial charge in [0.1, 0.15) is 5.56 Å². The van der Waals surface area contributed by atoms with Crippen LogP contribution in [0.3, 0.4) is 0 Å². The van der Waals surface area contributed by atoms with Gasteiger partial charge in [0.15, 0.2) is 0 Å². The van der Waals surface area contributed by atoms with Crippen LogP contribution in [0.1, 0.15) is 35.3 Å². The van der Waals surface area contributed by atoms with Crippen molar-refractivity contribution in [1.82, 2.24) is 19.7 Å². The van der Waals surface area contributed by atoms with E-state index in [9.17, 15) is 9.59 Å². The zero-order chi connectivity index (χ0) is 18.8. The van der Waals surface area contributed by atoms with Crippen molar-refractivity contribution in [2.75, 3.05) is 59.0 Å². The van der Waals surface area contributed by atoms with Gasteiger partial charge in [-0.15, -0.1) is 0 Å². The van der Waals surface area contributed by atoms with E-state index < -0.39 is 0 Å². The molecular weight excluding hydrogens is 344 g/mol. The smallest absolute Gasteiger partial charge is 0.263 e. The molecule has 4 heterocycles. The maximum atomic E-state index is 13.1. The number of rotatable bonds is 5. The summed E-state index contributed by atoms with van der Waals surface area (Å²) in [6.45, 7) is 9.98. The van der Waals surface area contributed by atoms with E-state index >= 15 is 0 Å². The Balaban J connectivity index is 1.50. The first-order valence-electron chi connectivity index (χ1n) is 10.2. The van der Waals surface area contributed by atoms with Crippen LogP contribution in [0.25, 0.3) is 0 Å². The van der Waals surface area contributed by atoms with E-state index in [2.05, 4.69) is 10.2 Å². The second kappa shape index (κ2) is 8.12. The Hall–Kier alpha value is -1.70. The summed E-state index contributed by atoms with van der Waals surface area (Å²) in [6, 6.07) is 3.75. The predicted molar refractivity (Wildman–Crippen MR) is 103 cm³/mol. The topological polar surface area (TPSA) is 66.8 Å². The average molecular weight is 374 g/mol. The van der Waals surface area contributed by atoms with Crippen LogP contribution in [0, 0.1) is 5.92 Å². The lowest BCUT2D eigenvalue weighted by Crippen LogP contribution is -2.47. The highest BCUT2D eigenvalue weighted by Gasteiger charge is 2.32. The molecule has 4 rings (SSSR count). The van der Waals surface area contributed by atoms with Crippen LogP contribution in [0.5, 0.6) is 0 Å². The van der Waals surface area contributed by atoms with Crippen molar-refractivity contribution in [2.45, 2.75) is 25.8 Å². The van der Waals surface area contributed by atoms with Gasteiger partial charge in [-0.2, -0.15) is 0 Å². The molecule has 27 heavy (non-hydrogen) atoms. The van der Waals surface area contributed by atoms with Crippen LogP contribution in [0.4, 0.5) is 0 Å². The number of carbonyl (C=O) groups is 1. The molecule has 0 saturated carbocycles. The average Bonchev–Trinajstić information content (AvgIpc) is 2.70. The summed E-state index contributed by atoms with van der Waals surface area (Å²) in [7, 11) is 0. The van der Waals surface area contributed by atoms with E-state index in [0.29, 0.717) is 30.5 Å². The molecule has 0 spiro atoms. The molecule has 7 nitrogen and oxygen atoms in total. The standard InChI is InChI=1S/C20H30N4O3/c1-2-23(6-5-22-7-9-27-10-8-22)19(25)17-3-4-18-16-11-15(12-21-13-16)14-24(18)20(17)26/h3-4,15-16,21H,2,5-14H2,1H3/t15-,16+/m0/s1. The van der Waals surface area contributed by atoms with E-state index in [-0.39, 0.29) is 11.5 Å². The third-order valence-corrected chi connectivity index (χ3v) is 6.20. The quantitative estimate of drug-likeness (QED) is 0.806. The van der Waals surface area contributed by atoms with Gasteiger partial charge in [-0.25, -0.2) is 0 Å². The third kappa shape index (κ3) is 3.81. The summed E-state index contributed by atoms with van der Waals surface area (Å²) in [5, 5.41) is 3.46. The molecule has 0 radical (unpaired) electrons. The second-order valence-corrected chi connectivity index (χ2v) is 7.88. The van der Waals surface area contributed by atoms with Gasteiger partial charge in [0.05, 0.1) is 13.2 Å². The Morgan fingerprint density at radius 1 is 1.30 bits per heavy atom. The van der Waals surface area contributed by atoms with Crippen LogP contribution in [0.2, 0.25) is 0 Å². The lowest BCUT2D eigenvalue weighted by molar-refractivity contribution is 0.0327. The third-order valence-electron chi connectivity index (χ3n) is 6.20. The molecule has 2 saturated heterocycles. The van der Waals surface area contributed by atoms with E-state index in [1.54, 1.807) is 11.0 Å². The van der Waals surface area contributed by atoms with Crippen LogP contribution in [-0.4, -0.2) is 79.3 Å². The number of hydrogen-bond donors (Lipinski definition) is 1. The summed E-state index contributed by atoms with van der Waals surface area (Å²) in [6.07, 6.45) is 1.14. The Morgan fingerprint density at radius 3 is 2.89 bits per heavy atom. The van der Waals surface area contributed by atoms with Gasteiger partial charge in [0.2, 0.25) is 0 Å². The van der Waals surface area contributed by atoms with Crippen molar-refractivity contribution in [3.8, 4) is 0 Å². The fourth-order valence-corrected chi connectivity index (χ4v) is 4.61. The minimum absolute atomic E-state index is 0.112. The molecule has 1 amide bonds. The highest BCUT2D eigenvalue weighted by atomic mass is 16.5. The Bertz CT molecular complexity index is 741. The van der Waals surface area contributed by atoms with Gasteiger partial charge < -0.3 is 19.5 Å². The summed E-state index contributed by atoms with van der Waals surface area (Å²) >= 11 is 0. The molecule has 148 valence electrons. The van der Waals surface area contributed by atoms with Gasteiger partial charge in [0, 0.05) is 57.4 Å². The monoisotopic (exact) mass is 374 g/mol. The van der Waals surface area contributed by atoms with Crippen LogP contribution < -0.4 is 10.9 Å². The summed E-state index contributed by atoms with van der Waals surface area (Å²) in [4.78, 5) is 30.2. The molecule has 1 aromatic rings. The number of amides is 1. The molecule has 0 aromatic carbocycles. The number of ether oxygens (including phenoxy) is 1. The summed E-state index contributed by atoms with van der Waals surface area (Å²) < 4.78 is 7.24. The number of pyridine rings is 1. The molecule has 0 unspecified atom stereocenters. The molecule has 2 fully saturated rings. The van der Waals surface area contributed by atoms with E-state index in [4.69, 9.17) is 4.74 Å². The number of morpholine rings is 1. The van der Waals surface area contributed by atoms with Crippen molar-refractivity contribution in [3.05, 3.63) is 33.7 Å². The highest BCUT2D eigenvalue weighted by Crippen LogP contribution is 2.31. The molecule has 1 aromatic heterocycles. The number of nitrogens with zero attached hydrogens (tertiary/aromatic N) is 3. The minimum atomic E-state index is -0.139. The van der Waals surface area contributed by atoms with Crippen LogP contribution >= 0.6 is 0 Å². The number of hydrogen-bond acceptors (Lipinski definition) is 5. The largest absolute Gasteiger partial charge is 0.379 e. The number of piperidine rings is 1. The molecule has 2 bridgehead atoms. The van der Waals surface area contributed by atoms with Crippen molar-refractivity contribution < 1.29 is 9.53 Å². The van der Waals surface area contributed by atoms with Crippen molar-refractivity contribution in [1.29, 1.82) is 0 Å². The number of nitrogens with one attached hydrogen (secondary N) is 1. The fraction of sp³-hybridized carbons (Fsp3) is 0.700. The summed E-state index contributed by atoms with van der Waals surface area (Å²) in [5.41, 5.74) is 1.28. The fourth-order valence-electron chi connectivity index (χ4n) is 4.61. The Morgan fingerprint density at radius 2 is 2.11 bits per heavy atom. The number of fused-ring (bicyclic) bond motifs is 4. The molecule has 0 aliphatic carbocycles. The zero-order valence-corrected chi connectivity index (χ0v) is 16.2. The summed E-state index contributed by atoms with van der Waals surface area (Å²) in [5.74, 6) is 0.737. The van der Waals surface area contributed by atoms with Gasteiger partial charge in [-0.05, 0) is 37.9 Å². The van der Waals surface area contributed by atoms with E-state index in [1.807, 2.05) is 17.6 Å². The lowest BCUT2D eigenvalue weighted by atomic mass is 9.84. The Labute approximate surface area is 160 Å². The number of likely N-dealkylation sites (N-methyl/N-ethyl adjacent to an activating group) is 1. The first-order chi connectivity index (χ1) is 13.2. The molecule has 2 atom stereocenters. The van der Waals surface area contributed by atoms with Gasteiger partial charge in [0.25, 0.3) is 11.5 Å². The molecule has 3 aliphatic rings. The van der Waals surface area contributed by atoms with E-state index in [1.165, 1.54) is 0 Å². The minimum Gasteiger partial charge on any atom is -0.379 e. The molecule has 1 N–H and O–H groups in total. The molecule has 7 heteroatoms. The molecular formula is C20H30N4O3. The van der Waals surface area contributed by atoms with Gasteiger partial charge in [-0.1, -0.05) is 0 Å².